The zero-order valence-electron chi connectivity index (χ0n) is 14.1. The van der Waals surface area contributed by atoms with E-state index in [4.69, 9.17) is 11.6 Å². The fourth-order valence-electron chi connectivity index (χ4n) is 2.21. The lowest BCUT2D eigenvalue weighted by Crippen LogP contribution is -2.39. The van der Waals surface area contributed by atoms with E-state index in [1.807, 2.05) is 49.3 Å². The number of nitrogens with zero attached hydrogens (tertiary/aromatic N) is 3. The van der Waals surface area contributed by atoms with Crippen LogP contribution in [0.3, 0.4) is 0 Å². The molecule has 0 fully saturated rings. The first-order valence-corrected chi connectivity index (χ1v) is 8.24. The zero-order valence-corrected chi connectivity index (χ0v) is 14.8. The molecule has 128 valence electrons. The minimum absolute atomic E-state index is 0.0284. The summed E-state index contributed by atoms with van der Waals surface area (Å²) in [6.45, 7) is 2.21. The van der Waals surface area contributed by atoms with Crippen molar-refractivity contribution >= 4 is 23.2 Å². The van der Waals surface area contributed by atoms with Crippen molar-refractivity contribution < 1.29 is 4.79 Å². The number of hydrogen-bond donors (Lipinski definition) is 1. The highest BCUT2D eigenvalue weighted by atomic mass is 35.5. The van der Waals surface area contributed by atoms with E-state index in [-0.39, 0.29) is 12.5 Å². The van der Waals surface area contributed by atoms with Crippen LogP contribution >= 0.6 is 11.6 Å². The number of rotatable bonds is 8. The van der Waals surface area contributed by atoms with Crippen LogP contribution in [0.5, 0.6) is 0 Å². The third-order valence-electron chi connectivity index (χ3n) is 3.57. The van der Waals surface area contributed by atoms with Crippen molar-refractivity contribution in [1.29, 1.82) is 0 Å². The molecule has 0 bridgehead atoms. The lowest BCUT2D eigenvalue weighted by atomic mass is 10.2. The quantitative estimate of drug-likeness (QED) is 0.798. The fraction of sp³-hybridized carbons (Fsp3) is 0.333. The number of nitrogens with one attached hydrogen (secondary N) is 1. The minimum Gasteiger partial charge on any atom is -0.375 e. The Morgan fingerprint density at radius 2 is 1.96 bits per heavy atom. The molecule has 0 atom stereocenters. The molecule has 6 heteroatoms. The topological polar surface area (TPSA) is 48.5 Å². The third-order valence-corrected chi connectivity index (χ3v) is 3.90. The first kappa shape index (κ1) is 18.2. The molecule has 0 spiro atoms. The zero-order chi connectivity index (χ0) is 17.4. The van der Waals surface area contributed by atoms with Crippen LogP contribution in [-0.4, -0.2) is 54.4 Å². The second kappa shape index (κ2) is 9.25. The van der Waals surface area contributed by atoms with Gasteiger partial charge in [0.2, 0.25) is 5.91 Å². The molecule has 1 heterocycles. The summed E-state index contributed by atoms with van der Waals surface area (Å²) in [4.78, 5) is 20.6. The molecule has 0 saturated carbocycles. The smallest absolute Gasteiger partial charge is 0.242 e. The molecule has 0 unspecified atom stereocenters. The van der Waals surface area contributed by atoms with Crippen molar-refractivity contribution in [3.8, 4) is 0 Å². The molecular formula is C18H23ClN4O. The number of benzene rings is 1. The van der Waals surface area contributed by atoms with E-state index in [0.29, 0.717) is 18.1 Å². The summed E-state index contributed by atoms with van der Waals surface area (Å²) in [7, 11) is 3.99. The van der Waals surface area contributed by atoms with Crippen LogP contribution in [0, 0.1) is 0 Å². The molecule has 0 aliphatic rings. The van der Waals surface area contributed by atoms with Gasteiger partial charge in [0, 0.05) is 32.0 Å². The van der Waals surface area contributed by atoms with Crippen molar-refractivity contribution in [1.82, 2.24) is 14.8 Å². The Labute approximate surface area is 148 Å². The number of pyridine rings is 1. The average Bonchev–Trinajstić information content (AvgIpc) is 2.58. The van der Waals surface area contributed by atoms with Crippen LogP contribution in [0.4, 0.5) is 5.69 Å². The number of aromatic nitrogens is 1. The number of amides is 1. The lowest BCUT2D eigenvalue weighted by Gasteiger charge is -2.25. The number of carbonyl (C=O) groups is 1. The standard InChI is InChI=1S/C18H23ClN4O/c1-22(2)10-11-23(14-15-6-5-9-20-12-15)18(24)13-21-17-8-4-3-7-16(17)19/h3-9,12,21H,10-11,13-14H2,1-2H3. The fourth-order valence-corrected chi connectivity index (χ4v) is 2.41. The maximum atomic E-state index is 12.6. The Hall–Kier alpha value is -2.11. The maximum absolute atomic E-state index is 12.6. The van der Waals surface area contributed by atoms with Crippen molar-refractivity contribution in [3.63, 3.8) is 0 Å². The summed E-state index contributed by atoms with van der Waals surface area (Å²) in [5, 5.41) is 3.72. The van der Waals surface area contributed by atoms with Crippen LogP contribution < -0.4 is 5.32 Å². The molecular weight excluding hydrogens is 324 g/mol. The number of halogens is 1. The van der Waals surface area contributed by atoms with Gasteiger partial charge in [0.05, 0.1) is 17.3 Å². The predicted octanol–water partition coefficient (Wildman–Crippen LogP) is 2.74. The van der Waals surface area contributed by atoms with Crippen molar-refractivity contribution in [3.05, 3.63) is 59.4 Å². The highest BCUT2D eigenvalue weighted by Crippen LogP contribution is 2.20. The molecule has 0 saturated heterocycles. The SMILES string of the molecule is CN(C)CCN(Cc1cccnc1)C(=O)CNc1ccccc1Cl. The second-order valence-corrected chi connectivity index (χ2v) is 6.22. The number of likely N-dealkylation sites (N-methyl/N-ethyl adjacent to an activating group) is 1. The van der Waals surface area contributed by atoms with E-state index < -0.39 is 0 Å². The van der Waals surface area contributed by atoms with Crippen LogP contribution in [0.15, 0.2) is 48.8 Å². The first-order chi connectivity index (χ1) is 11.6. The number of carbonyl (C=O) groups excluding carboxylic acids is 1. The largest absolute Gasteiger partial charge is 0.375 e. The molecule has 0 aliphatic carbocycles. The van der Waals surface area contributed by atoms with Gasteiger partial charge >= 0.3 is 0 Å². The third kappa shape index (κ3) is 5.83. The Morgan fingerprint density at radius 1 is 1.17 bits per heavy atom. The van der Waals surface area contributed by atoms with Gasteiger partial charge in [0.15, 0.2) is 0 Å². The van der Waals surface area contributed by atoms with Crippen LogP contribution in [0.25, 0.3) is 0 Å². The lowest BCUT2D eigenvalue weighted by molar-refractivity contribution is -0.130. The number of anilines is 1. The van der Waals surface area contributed by atoms with Gasteiger partial charge in [-0.25, -0.2) is 0 Å². The van der Waals surface area contributed by atoms with E-state index in [9.17, 15) is 4.79 Å². The van der Waals surface area contributed by atoms with Gasteiger partial charge in [-0.15, -0.1) is 0 Å². The van der Waals surface area contributed by atoms with E-state index in [2.05, 4.69) is 15.2 Å². The Bertz CT molecular complexity index is 648. The predicted molar refractivity (Wildman–Crippen MR) is 98.1 cm³/mol. The molecule has 2 aromatic rings. The van der Waals surface area contributed by atoms with E-state index in [1.54, 1.807) is 18.5 Å². The summed E-state index contributed by atoms with van der Waals surface area (Å²) in [6, 6.07) is 11.3. The normalized spacial score (nSPS) is 10.7. The molecule has 5 nitrogen and oxygen atoms in total. The van der Waals surface area contributed by atoms with Crippen molar-refractivity contribution in [2.45, 2.75) is 6.54 Å². The van der Waals surface area contributed by atoms with E-state index >= 15 is 0 Å². The first-order valence-electron chi connectivity index (χ1n) is 7.86. The molecule has 0 radical (unpaired) electrons. The number of hydrogen-bond acceptors (Lipinski definition) is 4. The molecule has 2 rings (SSSR count). The molecule has 1 amide bonds. The molecule has 1 aromatic carbocycles. The van der Waals surface area contributed by atoms with Crippen molar-refractivity contribution in [2.24, 2.45) is 0 Å². The van der Waals surface area contributed by atoms with Crippen LogP contribution in [-0.2, 0) is 11.3 Å². The van der Waals surface area contributed by atoms with Crippen LogP contribution in [0.2, 0.25) is 5.02 Å². The summed E-state index contributed by atoms with van der Waals surface area (Å²) in [5.41, 5.74) is 1.78. The van der Waals surface area contributed by atoms with Crippen molar-refractivity contribution in [2.75, 3.05) is 39.0 Å². The van der Waals surface area contributed by atoms with Gasteiger partial charge in [-0.3, -0.25) is 9.78 Å². The highest BCUT2D eigenvalue weighted by molar-refractivity contribution is 6.33. The van der Waals surface area contributed by atoms with Gasteiger partial charge in [-0.1, -0.05) is 29.8 Å². The molecule has 1 N–H and O–H groups in total. The average molecular weight is 347 g/mol. The second-order valence-electron chi connectivity index (χ2n) is 5.81. The summed E-state index contributed by atoms with van der Waals surface area (Å²) < 4.78 is 0. The van der Waals surface area contributed by atoms with E-state index in [0.717, 1.165) is 17.8 Å². The van der Waals surface area contributed by atoms with Gasteiger partial charge in [0.1, 0.15) is 0 Å². The Balaban J connectivity index is 1.99. The van der Waals surface area contributed by atoms with Gasteiger partial charge in [-0.05, 0) is 37.9 Å². The minimum atomic E-state index is 0.0284. The molecule has 0 aliphatic heterocycles. The maximum Gasteiger partial charge on any atom is 0.242 e. The van der Waals surface area contributed by atoms with Crippen LogP contribution in [0.1, 0.15) is 5.56 Å². The Kier molecular flexibility index (Phi) is 7.03. The molecule has 24 heavy (non-hydrogen) atoms. The summed E-state index contributed by atoms with van der Waals surface area (Å²) in [5.74, 6) is 0.0284. The highest BCUT2D eigenvalue weighted by Gasteiger charge is 2.14. The molecule has 1 aromatic heterocycles. The van der Waals surface area contributed by atoms with Gasteiger partial charge in [0.25, 0.3) is 0 Å². The van der Waals surface area contributed by atoms with Gasteiger partial charge in [-0.2, -0.15) is 0 Å². The summed E-state index contributed by atoms with van der Waals surface area (Å²) >= 11 is 6.12. The number of para-hydroxylation sites is 1. The van der Waals surface area contributed by atoms with Gasteiger partial charge < -0.3 is 15.1 Å². The summed E-state index contributed by atoms with van der Waals surface area (Å²) in [6.07, 6.45) is 3.52. The van der Waals surface area contributed by atoms with E-state index in [1.165, 1.54) is 0 Å². The Morgan fingerprint density at radius 3 is 2.62 bits per heavy atom. The monoisotopic (exact) mass is 346 g/mol.